The summed E-state index contributed by atoms with van der Waals surface area (Å²) < 4.78 is 5.00. The van der Waals surface area contributed by atoms with Gasteiger partial charge >= 0.3 is 0 Å². The number of hydrogen-bond acceptors (Lipinski definition) is 4. The smallest absolute Gasteiger partial charge is 0.218 e. The summed E-state index contributed by atoms with van der Waals surface area (Å²) in [7, 11) is 1.59. The van der Waals surface area contributed by atoms with Crippen LogP contribution in [-0.4, -0.2) is 23.6 Å². The highest BCUT2D eigenvalue weighted by molar-refractivity contribution is 5.37. The van der Waals surface area contributed by atoms with Crippen LogP contribution < -0.4 is 10.1 Å². The minimum atomic E-state index is 0.234. The van der Waals surface area contributed by atoms with Crippen molar-refractivity contribution in [1.82, 2.24) is 9.97 Å². The van der Waals surface area contributed by atoms with E-state index in [0.29, 0.717) is 5.88 Å². The molecule has 0 amide bonds. The third-order valence-corrected chi connectivity index (χ3v) is 1.65. The Kier molecular flexibility index (Phi) is 3.28. The maximum atomic E-state index is 5.00. The van der Waals surface area contributed by atoms with Crippen molar-refractivity contribution in [2.45, 2.75) is 20.8 Å². The molecule has 0 atom stereocenters. The molecule has 78 valence electrons. The molecule has 0 spiro atoms. The van der Waals surface area contributed by atoms with Gasteiger partial charge in [0.2, 0.25) is 5.88 Å². The van der Waals surface area contributed by atoms with E-state index in [1.165, 1.54) is 6.33 Å². The Labute approximate surface area is 84.7 Å². The molecule has 0 aliphatic carbocycles. The number of nitrogens with one attached hydrogen (secondary N) is 1. The molecule has 1 aromatic rings. The lowest BCUT2D eigenvalue weighted by Gasteiger charge is -2.18. The van der Waals surface area contributed by atoms with E-state index in [2.05, 4.69) is 36.1 Å². The number of hydrogen-bond donors (Lipinski definition) is 1. The van der Waals surface area contributed by atoms with Crippen LogP contribution in [0.25, 0.3) is 0 Å². The van der Waals surface area contributed by atoms with E-state index >= 15 is 0 Å². The Morgan fingerprint density at radius 2 is 2.07 bits per heavy atom. The zero-order valence-corrected chi connectivity index (χ0v) is 9.16. The van der Waals surface area contributed by atoms with Crippen LogP contribution in [0.5, 0.6) is 5.88 Å². The van der Waals surface area contributed by atoms with Gasteiger partial charge in [0.25, 0.3) is 0 Å². The fraction of sp³-hybridized carbons (Fsp3) is 0.600. The first-order chi connectivity index (χ1) is 6.51. The van der Waals surface area contributed by atoms with E-state index in [1.54, 1.807) is 13.2 Å². The van der Waals surface area contributed by atoms with Gasteiger partial charge in [0.05, 0.1) is 7.11 Å². The second kappa shape index (κ2) is 4.26. The molecule has 0 saturated heterocycles. The summed E-state index contributed by atoms with van der Waals surface area (Å²) in [6, 6.07) is 1.78. The third kappa shape index (κ3) is 3.60. The molecule has 1 aromatic heterocycles. The summed E-state index contributed by atoms with van der Waals surface area (Å²) in [5, 5.41) is 3.23. The Balaban J connectivity index is 2.59. The maximum absolute atomic E-state index is 5.00. The molecule has 0 aliphatic rings. The van der Waals surface area contributed by atoms with Crippen LogP contribution in [-0.2, 0) is 0 Å². The van der Waals surface area contributed by atoms with Crippen molar-refractivity contribution < 1.29 is 4.74 Å². The van der Waals surface area contributed by atoms with Crippen molar-refractivity contribution in [3.63, 3.8) is 0 Å². The highest BCUT2D eigenvalue weighted by atomic mass is 16.5. The SMILES string of the molecule is COc1cc(NCC(C)(C)C)ncn1. The second-order valence-corrected chi connectivity index (χ2v) is 4.36. The summed E-state index contributed by atoms with van der Waals surface area (Å²) in [4.78, 5) is 8.02. The molecule has 14 heavy (non-hydrogen) atoms. The molecule has 1 N–H and O–H groups in total. The number of anilines is 1. The first-order valence-electron chi connectivity index (χ1n) is 4.61. The monoisotopic (exact) mass is 195 g/mol. The third-order valence-electron chi connectivity index (χ3n) is 1.65. The first-order valence-corrected chi connectivity index (χ1v) is 4.61. The van der Waals surface area contributed by atoms with Gasteiger partial charge in [0.15, 0.2) is 0 Å². The maximum Gasteiger partial charge on any atom is 0.218 e. The lowest BCUT2D eigenvalue weighted by molar-refractivity contribution is 0.396. The number of rotatable bonds is 3. The number of methoxy groups -OCH3 is 1. The summed E-state index contributed by atoms with van der Waals surface area (Å²) in [6.45, 7) is 7.36. The van der Waals surface area contributed by atoms with Crippen molar-refractivity contribution >= 4 is 5.82 Å². The molecule has 1 heterocycles. The Morgan fingerprint density at radius 1 is 1.36 bits per heavy atom. The summed E-state index contributed by atoms with van der Waals surface area (Å²) in [6.07, 6.45) is 1.49. The summed E-state index contributed by atoms with van der Waals surface area (Å²) in [5.74, 6) is 1.38. The molecule has 0 radical (unpaired) electrons. The van der Waals surface area contributed by atoms with E-state index in [1.807, 2.05) is 0 Å². The fourth-order valence-corrected chi connectivity index (χ4v) is 0.903. The van der Waals surface area contributed by atoms with Gasteiger partial charge in [-0.1, -0.05) is 20.8 Å². The van der Waals surface area contributed by atoms with Crippen LogP contribution in [0.1, 0.15) is 20.8 Å². The quantitative estimate of drug-likeness (QED) is 0.800. The largest absolute Gasteiger partial charge is 0.481 e. The van der Waals surface area contributed by atoms with Crippen molar-refractivity contribution in [1.29, 1.82) is 0 Å². The Bertz CT molecular complexity index is 294. The molecule has 0 aromatic carbocycles. The van der Waals surface area contributed by atoms with Crippen LogP contribution in [0.15, 0.2) is 12.4 Å². The van der Waals surface area contributed by atoms with Crippen LogP contribution in [0, 0.1) is 5.41 Å². The van der Waals surface area contributed by atoms with Crippen LogP contribution in [0.4, 0.5) is 5.82 Å². The average molecular weight is 195 g/mol. The zero-order chi connectivity index (χ0) is 10.6. The van der Waals surface area contributed by atoms with Gasteiger partial charge in [-0.15, -0.1) is 0 Å². The lowest BCUT2D eigenvalue weighted by Crippen LogP contribution is -2.19. The van der Waals surface area contributed by atoms with E-state index in [4.69, 9.17) is 4.74 Å². The molecule has 0 bridgehead atoms. The van der Waals surface area contributed by atoms with E-state index < -0.39 is 0 Å². The number of ether oxygens (including phenoxy) is 1. The fourth-order valence-electron chi connectivity index (χ4n) is 0.903. The Morgan fingerprint density at radius 3 is 2.64 bits per heavy atom. The van der Waals surface area contributed by atoms with Gasteiger partial charge in [-0.3, -0.25) is 0 Å². The highest BCUT2D eigenvalue weighted by Gasteiger charge is 2.09. The molecule has 0 aliphatic heterocycles. The van der Waals surface area contributed by atoms with E-state index in [9.17, 15) is 0 Å². The minimum Gasteiger partial charge on any atom is -0.481 e. The van der Waals surface area contributed by atoms with Gasteiger partial charge in [-0.25, -0.2) is 9.97 Å². The van der Waals surface area contributed by atoms with Gasteiger partial charge < -0.3 is 10.1 Å². The average Bonchev–Trinajstić information content (AvgIpc) is 2.14. The summed E-state index contributed by atoms with van der Waals surface area (Å²) >= 11 is 0. The first kappa shape index (κ1) is 10.8. The molecular formula is C10H17N3O. The van der Waals surface area contributed by atoms with Crippen molar-refractivity contribution in [3.8, 4) is 5.88 Å². The minimum absolute atomic E-state index is 0.234. The van der Waals surface area contributed by atoms with Crippen molar-refractivity contribution in [2.24, 2.45) is 5.41 Å². The van der Waals surface area contributed by atoms with Gasteiger partial charge in [0, 0.05) is 12.6 Å². The van der Waals surface area contributed by atoms with Crippen molar-refractivity contribution in [2.75, 3.05) is 19.0 Å². The normalized spacial score (nSPS) is 11.1. The molecule has 1 rings (SSSR count). The highest BCUT2D eigenvalue weighted by Crippen LogP contribution is 2.15. The standard InChI is InChI=1S/C10H17N3O/c1-10(2,3)6-11-8-5-9(14-4)13-7-12-8/h5,7H,6H2,1-4H3,(H,11,12,13). The van der Waals surface area contributed by atoms with Crippen LogP contribution in [0.3, 0.4) is 0 Å². The van der Waals surface area contributed by atoms with E-state index in [-0.39, 0.29) is 5.41 Å². The molecule has 4 heteroatoms. The number of aromatic nitrogens is 2. The topological polar surface area (TPSA) is 47.0 Å². The number of nitrogens with zero attached hydrogens (tertiary/aromatic N) is 2. The van der Waals surface area contributed by atoms with Crippen LogP contribution >= 0.6 is 0 Å². The van der Waals surface area contributed by atoms with Crippen molar-refractivity contribution in [3.05, 3.63) is 12.4 Å². The lowest BCUT2D eigenvalue weighted by atomic mass is 9.97. The molecule has 0 unspecified atom stereocenters. The molecule has 0 fully saturated rings. The zero-order valence-electron chi connectivity index (χ0n) is 9.16. The van der Waals surface area contributed by atoms with Gasteiger partial charge in [-0.05, 0) is 5.41 Å². The predicted molar refractivity (Wildman–Crippen MR) is 56.5 cm³/mol. The van der Waals surface area contributed by atoms with Crippen LogP contribution in [0.2, 0.25) is 0 Å². The van der Waals surface area contributed by atoms with Gasteiger partial charge in [0.1, 0.15) is 12.1 Å². The second-order valence-electron chi connectivity index (χ2n) is 4.36. The van der Waals surface area contributed by atoms with E-state index in [0.717, 1.165) is 12.4 Å². The summed E-state index contributed by atoms with van der Waals surface area (Å²) in [5.41, 5.74) is 0.234. The molecular weight excluding hydrogens is 178 g/mol. The molecule has 0 saturated carbocycles. The van der Waals surface area contributed by atoms with Gasteiger partial charge in [-0.2, -0.15) is 0 Å². The predicted octanol–water partition coefficient (Wildman–Crippen LogP) is 1.94. The Hall–Kier alpha value is -1.32. The molecule has 4 nitrogen and oxygen atoms in total.